The zero-order chi connectivity index (χ0) is 25.1. The lowest BCUT2D eigenvalue weighted by molar-refractivity contribution is -0.385. The fourth-order valence-corrected chi connectivity index (χ4v) is 4.31. The molecule has 0 radical (unpaired) electrons. The molecule has 0 aliphatic rings. The zero-order valence-corrected chi connectivity index (χ0v) is 18.9. The summed E-state index contributed by atoms with van der Waals surface area (Å²) in [6.45, 7) is 1.42. The Morgan fingerprint density at radius 1 is 1.03 bits per heavy atom. The molecule has 0 aromatic heterocycles. The van der Waals surface area contributed by atoms with Gasteiger partial charge in [0.05, 0.1) is 32.6 Å². The molecule has 0 saturated carbocycles. The van der Waals surface area contributed by atoms with E-state index in [1.165, 1.54) is 31.2 Å². The molecule has 3 rings (SSSR count). The van der Waals surface area contributed by atoms with Crippen LogP contribution in [0.2, 0.25) is 5.02 Å². The Bertz CT molecular complexity index is 1380. The van der Waals surface area contributed by atoms with Crippen LogP contribution >= 0.6 is 11.6 Å². The minimum Gasteiger partial charge on any atom is -0.278 e. The fourth-order valence-electron chi connectivity index (χ4n) is 2.81. The quantitative estimate of drug-likeness (QED) is 0.232. The van der Waals surface area contributed by atoms with Gasteiger partial charge in [-0.3, -0.25) is 20.3 Å². The molecule has 0 aliphatic heterocycles. The first kappa shape index (κ1) is 25.0. The van der Waals surface area contributed by atoms with Crippen LogP contribution in [0, 0.1) is 10.1 Å². The number of nitro groups is 1. The molecule has 2 N–H and O–H groups in total. The van der Waals surface area contributed by atoms with Crippen LogP contribution in [-0.2, 0) is 16.2 Å². The fraction of sp³-hybridized carbons (Fsp3) is 0.0952. The van der Waals surface area contributed by atoms with Gasteiger partial charge in [-0.1, -0.05) is 35.9 Å². The van der Waals surface area contributed by atoms with Gasteiger partial charge in [0, 0.05) is 12.1 Å². The minimum atomic E-state index is -4.55. The zero-order valence-electron chi connectivity index (χ0n) is 17.3. The number of non-ortho nitro benzene ring substituents is 1. The monoisotopic (exact) mass is 512 g/mol. The molecular weight excluding hydrogens is 497 g/mol. The third kappa shape index (κ3) is 5.83. The number of sulfonamides is 1. The van der Waals surface area contributed by atoms with Crippen molar-refractivity contribution in [3.8, 4) is 0 Å². The van der Waals surface area contributed by atoms with Crippen LogP contribution < -0.4 is 10.1 Å². The van der Waals surface area contributed by atoms with Crippen molar-refractivity contribution in [2.45, 2.75) is 18.0 Å². The molecule has 178 valence electrons. The minimum absolute atomic E-state index is 0.0465. The van der Waals surface area contributed by atoms with Crippen LogP contribution in [0.1, 0.15) is 18.1 Å². The molecule has 0 heterocycles. The van der Waals surface area contributed by atoms with E-state index in [0.29, 0.717) is 0 Å². The van der Waals surface area contributed by atoms with E-state index in [4.69, 9.17) is 11.6 Å². The molecule has 34 heavy (non-hydrogen) atoms. The van der Waals surface area contributed by atoms with Crippen LogP contribution in [0.15, 0.2) is 76.7 Å². The van der Waals surface area contributed by atoms with Crippen LogP contribution in [0.5, 0.6) is 0 Å². The van der Waals surface area contributed by atoms with Crippen molar-refractivity contribution in [3.63, 3.8) is 0 Å². The molecule has 0 atom stereocenters. The van der Waals surface area contributed by atoms with Crippen LogP contribution in [0.3, 0.4) is 0 Å². The molecule has 0 saturated heterocycles. The summed E-state index contributed by atoms with van der Waals surface area (Å²) in [5.41, 5.74) is 1.27. The lowest BCUT2D eigenvalue weighted by Gasteiger charge is -2.13. The highest BCUT2D eigenvalue weighted by Gasteiger charge is 2.30. The van der Waals surface area contributed by atoms with Crippen LogP contribution in [0.25, 0.3) is 0 Å². The van der Waals surface area contributed by atoms with E-state index >= 15 is 0 Å². The Labute approximate surface area is 197 Å². The van der Waals surface area contributed by atoms with E-state index in [1.54, 1.807) is 12.1 Å². The maximum atomic E-state index is 13.0. The van der Waals surface area contributed by atoms with E-state index < -0.39 is 37.3 Å². The van der Waals surface area contributed by atoms with Crippen LogP contribution in [0.4, 0.5) is 30.2 Å². The van der Waals surface area contributed by atoms with E-state index in [1.807, 2.05) is 0 Å². The number of para-hydroxylation sites is 1. The maximum Gasteiger partial charge on any atom is 0.416 e. The Balaban J connectivity index is 1.99. The number of nitrogens with zero attached hydrogens (tertiary/aromatic N) is 2. The molecule has 0 spiro atoms. The third-order valence-electron chi connectivity index (χ3n) is 4.54. The summed E-state index contributed by atoms with van der Waals surface area (Å²) >= 11 is 6.00. The first-order valence-electron chi connectivity index (χ1n) is 9.42. The second kappa shape index (κ2) is 9.69. The Morgan fingerprint density at radius 3 is 2.38 bits per heavy atom. The molecule has 0 aliphatic carbocycles. The van der Waals surface area contributed by atoms with Gasteiger partial charge < -0.3 is 0 Å². The van der Waals surface area contributed by atoms with Gasteiger partial charge >= 0.3 is 6.18 Å². The average Bonchev–Trinajstić information content (AvgIpc) is 2.78. The van der Waals surface area contributed by atoms with Crippen molar-refractivity contribution in [2.24, 2.45) is 5.10 Å². The molecule has 0 bridgehead atoms. The summed E-state index contributed by atoms with van der Waals surface area (Å²) in [6.07, 6.45) is -4.55. The second-order valence-electron chi connectivity index (χ2n) is 6.91. The molecular formula is C21H16ClF3N4O4S. The largest absolute Gasteiger partial charge is 0.416 e. The molecule has 3 aromatic carbocycles. The lowest BCUT2D eigenvalue weighted by atomic mass is 10.1. The van der Waals surface area contributed by atoms with Crippen molar-refractivity contribution in [1.82, 2.24) is 0 Å². The molecule has 0 amide bonds. The van der Waals surface area contributed by atoms with Crippen molar-refractivity contribution in [3.05, 3.63) is 93.0 Å². The molecule has 0 fully saturated rings. The average molecular weight is 513 g/mol. The number of anilines is 2. The van der Waals surface area contributed by atoms with Gasteiger partial charge in [-0.2, -0.15) is 18.3 Å². The van der Waals surface area contributed by atoms with E-state index in [0.717, 1.165) is 30.3 Å². The topological polar surface area (TPSA) is 114 Å². The number of hydrogen-bond acceptors (Lipinski definition) is 6. The van der Waals surface area contributed by atoms with Gasteiger partial charge in [-0.25, -0.2) is 8.42 Å². The lowest BCUT2D eigenvalue weighted by Crippen LogP contribution is -2.15. The number of nitro benzene ring substituents is 1. The van der Waals surface area contributed by atoms with Gasteiger partial charge in [-0.05, 0) is 42.8 Å². The third-order valence-corrected chi connectivity index (χ3v) is 6.27. The summed E-state index contributed by atoms with van der Waals surface area (Å²) in [4.78, 5) is 9.92. The molecule has 13 heteroatoms. The number of hydrogen-bond donors (Lipinski definition) is 2. The molecule has 3 aromatic rings. The van der Waals surface area contributed by atoms with Crippen molar-refractivity contribution in [1.29, 1.82) is 0 Å². The summed E-state index contributed by atoms with van der Waals surface area (Å²) in [5.74, 6) is 0. The summed E-state index contributed by atoms with van der Waals surface area (Å²) < 4.78 is 67.2. The summed E-state index contributed by atoms with van der Waals surface area (Å²) in [7, 11) is -4.38. The highest BCUT2D eigenvalue weighted by molar-refractivity contribution is 7.93. The Hall–Kier alpha value is -3.64. The first-order valence-corrected chi connectivity index (χ1v) is 11.3. The standard InChI is InChI=1S/C21H16ClF3N4O4S/c1-13(14-5-4-6-15(11-14)21(23,24)25)26-27-19-10-9-16(29(30)31)12-20(19)34(32,33)28-18-8-3-2-7-17(18)22/h2-12,27-28H,1H3/b26-13+. The molecule has 0 unspecified atom stereocenters. The van der Waals surface area contributed by atoms with Crippen molar-refractivity contribution < 1.29 is 26.5 Å². The Kier molecular flexibility index (Phi) is 7.12. The Morgan fingerprint density at radius 2 is 1.74 bits per heavy atom. The van der Waals surface area contributed by atoms with E-state index in [2.05, 4.69) is 15.2 Å². The number of alkyl halides is 3. The van der Waals surface area contributed by atoms with Gasteiger partial charge in [0.15, 0.2) is 0 Å². The maximum absolute atomic E-state index is 13.0. The van der Waals surface area contributed by atoms with Crippen molar-refractivity contribution in [2.75, 3.05) is 10.1 Å². The predicted molar refractivity (Wildman–Crippen MR) is 123 cm³/mol. The smallest absolute Gasteiger partial charge is 0.278 e. The van der Waals surface area contributed by atoms with E-state index in [-0.39, 0.29) is 27.7 Å². The molecule has 8 nitrogen and oxygen atoms in total. The number of halogens is 4. The van der Waals surface area contributed by atoms with E-state index in [9.17, 15) is 31.7 Å². The number of rotatable bonds is 7. The normalized spacial score (nSPS) is 12.3. The van der Waals surface area contributed by atoms with Gasteiger partial charge in [0.25, 0.3) is 15.7 Å². The van der Waals surface area contributed by atoms with Crippen LogP contribution in [-0.4, -0.2) is 19.1 Å². The van der Waals surface area contributed by atoms with Gasteiger partial charge in [0.2, 0.25) is 0 Å². The highest BCUT2D eigenvalue weighted by Crippen LogP contribution is 2.31. The van der Waals surface area contributed by atoms with Crippen molar-refractivity contribution >= 4 is 44.4 Å². The first-order chi connectivity index (χ1) is 15.9. The summed E-state index contributed by atoms with van der Waals surface area (Å²) in [6, 6.07) is 13.4. The summed E-state index contributed by atoms with van der Waals surface area (Å²) in [5, 5.41) is 15.3. The van der Waals surface area contributed by atoms with Gasteiger partial charge in [0.1, 0.15) is 4.90 Å². The predicted octanol–water partition coefficient (Wildman–Crippen LogP) is 5.90. The SMILES string of the molecule is C/C(=N\Nc1ccc([N+](=O)[O-])cc1S(=O)(=O)Nc1ccccc1Cl)c1cccc(C(F)(F)F)c1. The highest BCUT2D eigenvalue weighted by atomic mass is 35.5. The number of hydrazone groups is 1. The number of nitrogens with one attached hydrogen (secondary N) is 2. The van der Waals surface area contributed by atoms with Gasteiger partial charge in [-0.15, -0.1) is 0 Å². The second-order valence-corrected chi connectivity index (χ2v) is 8.97. The number of benzene rings is 3.